The molecule has 0 N–H and O–H groups in total. The topological polar surface area (TPSA) is 64.7 Å². The van der Waals surface area contributed by atoms with Crippen LogP contribution in [0.4, 0.5) is 0 Å². The second-order valence-electron chi connectivity index (χ2n) is 1.97. The Bertz CT molecular complexity index is 375. The maximum absolute atomic E-state index is 5.62. The van der Waals surface area contributed by atoms with Crippen molar-refractivity contribution in [3.8, 4) is 11.6 Å². The molecule has 5 nitrogen and oxygen atoms in total. The third kappa shape index (κ3) is 1.26. The van der Waals surface area contributed by atoms with E-state index < -0.39 is 0 Å². The third-order valence-electron chi connectivity index (χ3n) is 1.21. The second-order valence-corrected chi connectivity index (χ2v) is 2.36. The highest BCUT2D eigenvalue weighted by atomic mass is 35.5. The van der Waals surface area contributed by atoms with Crippen molar-refractivity contribution in [2.45, 2.75) is 0 Å². The molecule has 0 fully saturated rings. The van der Waals surface area contributed by atoms with Gasteiger partial charge in [0.1, 0.15) is 17.2 Å². The summed E-state index contributed by atoms with van der Waals surface area (Å²) in [5.41, 5.74) is 0.521. The lowest BCUT2D eigenvalue weighted by molar-refractivity contribution is 0.566. The van der Waals surface area contributed by atoms with Crippen molar-refractivity contribution in [3.63, 3.8) is 0 Å². The summed E-state index contributed by atoms with van der Waals surface area (Å²) in [4.78, 5) is 7.60. The first kappa shape index (κ1) is 7.17. The van der Waals surface area contributed by atoms with E-state index in [-0.39, 0.29) is 0 Å². The van der Waals surface area contributed by atoms with E-state index in [1.54, 1.807) is 6.07 Å². The maximum Gasteiger partial charge on any atom is 0.266 e. The minimum atomic E-state index is 0.333. The van der Waals surface area contributed by atoms with E-state index in [9.17, 15) is 0 Å². The molecule has 2 aromatic heterocycles. The Morgan fingerprint density at radius 2 is 2.25 bits per heavy atom. The molecule has 2 aromatic rings. The molecule has 0 unspecified atom stereocenters. The van der Waals surface area contributed by atoms with E-state index in [1.807, 2.05) is 0 Å². The monoisotopic (exact) mass is 182 g/mol. The molecule has 0 spiro atoms. The van der Waals surface area contributed by atoms with Crippen molar-refractivity contribution in [3.05, 3.63) is 23.9 Å². The molecule has 0 saturated heterocycles. The zero-order valence-corrected chi connectivity index (χ0v) is 6.56. The van der Waals surface area contributed by atoms with Crippen LogP contribution in [-0.2, 0) is 0 Å². The number of nitrogens with zero attached hydrogens (tertiary/aromatic N) is 4. The fourth-order valence-electron chi connectivity index (χ4n) is 0.735. The van der Waals surface area contributed by atoms with Gasteiger partial charge < -0.3 is 4.42 Å². The van der Waals surface area contributed by atoms with Crippen LogP contribution < -0.4 is 0 Å². The first-order valence-corrected chi connectivity index (χ1v) is 3.48. The minimum Gasteiger partial charge on any atom is -0.422 e. The second kappa shape index (κ2) is 2.86. The van der Waals surface area contributed by atoms with E-state index in [4.69, 9.17) is 16.0 Å². The summed E-state index contributed by atoms with van der Waals surface area (Å²) in [6.07, 6.45) is 2.56. The van der Waals surface area contributed by atoms with E-state index >= 15 is 0 Å². The molecule has 0 aliphatic heterocycles. The highest BCUT2D eigenvalue weighted by Gasteiger charge is 2.04. The molecule has 12 heavy (non-hydrogen) atoms. The summed E-state index contributed by atoms with van der Waals surface area (Å²) < 4.78 is 4.90. The summed E-state index contributed by atoms with van der Waals surface area (Å²) in [5.74, 6) is 0.333. The molecule has 0 atom stereocenters. The largest absolute Gasteiger partial charge is 0.422 e. The highest BCUT2D eigenvalue weighted by molar-refractivity contribution is 6.29. The number of aromatic nitrogens is 4. The molecule has 0 amide bonds. The average molecular weight is 183 g/mol. The van der Waals surface area contributed by atoms with E-state index in [1.165, 1.54) is 12.7 Å². The van der Waals surface area contributed by atoms with Gasteiger partial charge in [0.25, 0.3) is 5.89 Å². The van der Waals surface area contributed by atoms with Gasteiger partial charge in [-0.2, -0.15) is 0 Å². The molecule has 2 rings (SSSR count). The predicted octanol–water partition coefficient (Wildman–Crippen LogP) is 1.18. The molecular formula is C6H3ClN4O. The van der Waals surface area contributed by atoms with Gasteiger partial charge >= 0.3 is 0 Å². The Balaban J connectivity index is 2.48. The standard InChI is InChI=1S/C6H3ClN4O/c7-5-1-4(8-2-9-5)6-11-10-3-12-6/h1-3H. The van der Waals surface area contributed by atoms with Gasteiger partial charge in [0.05, 0.1) is 0 Å². The van der Waals surface area contributed by atoms with Crippen LogP contribution in [0.25, 0.3) is 11.6 Å². The number of hydrogen-bond acceptors (Lipinski definition) is 5. The van der Waals surface area contributed by atoms with Crippen LogP contribution in [0, 0.1) is 0 Å². The van der Waals surface area contributed by atoms with Crippen molar-refractivity contribution < 1.29 is 4.42 Å². The predicted molar refractivity (Wildman–Crippen MR) is 40.3 cm³/mol. The molecule has 0 aliphatic carbocycles. The minimum absolute atomic E-state index is 0.333. The number of halogens is 1. The SMILES string of the molecule is Clc1cc(-c2nnco2)ncn1. The Kier molecular flexibility index (Phi) is 1.71. The zero-order chi connectivity index (χ0) is 8.39. The molecule has 2 heterocycles. The van der Waals surface area contributed by atoms with E-state index in [0.29, 0.717) is 16.7 Å². The smallest absolute Gasteiger partial charge is 0.266 e. The van der Waals surface area contributed by atoms with Crippen LogP contribution in [0.3, 0.4) is 0 Å². The van der Waals surface area contributed by atoms with Crippen LogP contribution in [0.5, 0.6) is 0 Å². The molecule has 0 aromatic carbocycles. The van der Waals surface area contributed by atoms with Gasteiger partial charge in [-0.3, -0.25) is 0 Å². The fourth-order valence-corrected chi connectivity index (χ4v) is 0.882. The normalized spacial score (nSPS) is 10.1. The summed E-state index contributed by atoms with van der Waals surface area (Å²) >= 11 is 5.62. The fraction of sp³-hybridized carbons (Fsp3) is 0. The van der Waals surface area contributed by atoms with Crippen LogP contribution in [0.15, 0.2) is 23.2 Å². The van der Waals surface area contributed by atoms with Gasteiger partial charge in [0.2, 0.25) is 6.39 Å². The Morgan fingerprint density at radius 1 is 1.33 bits per heavy atom. The summed E-state index contributed by atoms with van der Waals surface area (Å²) in [7, 11) is 0. The summed E-state index contributed by atoms with van der Waals surface area (Å²) in [6.45, 7) is 0. The summed E-state index contributed by atoms with van der Waals surface area (Å²) in [5, 5.41) is 7.52. The van der Waals surface area contributed by atoms with Crippen molar-refractivity contribution in [1.29, 1.82) is 0 Å². The molecule has 0 aliphatic rings. The summed E-state index contributed by atoms with van der Waals surface area (Å²) in [6, 6.07) is 1.55. The van der Waals surface area contributed by atoms with Crippen LogP contribution in [0.2, 0.25) is 5.15 Å². The third-order valence-corrected chi connectivity index (χ3v) is 1.42. The Hall–Kier alpha value is -1.49. The lowest BCUT2D eigenvalue weighted by Crippen LogP contribution is -1.85. The lowest BCUT2D eigenvalue weighted by Gasteiger charge is -1.91. The number of hydrogen-bond donors (Lipinski definition) is 0. The first-order chi connectivity index (χ1) is 5.86. The van der Waals surface area contributed by atoms with Gasteiger partial charge in [0, 0.05) is 6.07 Å². The quantitative estimate of drug-likeness (QED) is 0.620. The van der Waals surface area contributed by atoms with Crippen LogP contribution >= 0.6 is 11.6 Å². The van der Waals surface area contributed by atoms with Crippen LogP contribution in [-0.4, -0.2) is 20.2 Å². The Morgan fingerprint density at radius 3 is 2.92 bits per heavy atom. The van der Waals surface area contributed by atoms with Gasteiger partial charge in [0.15, 0.2) is 0 Å². The van der Waals surface area contributed by atoms with E-state index in [0.717, 1.165) is 0 Å². The number of rotatable bonds is 1. The first-order valence-electron chi connectivity index (χ1n) is 3.10. The van der Waals surface area contributed by atoms with E-state index in [2.05, 4.69) is 20.2 Å². The molecule has 60 valence electrons. The van der Waals surface area contributed by atoms with Gasteiger partial charge in [-0.25, -0.2) is 9.97 Å². The van der Waals surface area contributed by atoms with Gasteiger partial charge in [-0.15, -0.1) is 10.2 Å². The van der Waals surface area contributed by atoms with Crippen LogP contribution in [0.1, 0.15) is 0 Å². The van der Waals surface area contributed by atoms with Crippen molar-refractivity contribution in [2.24, 2.45) is 0 Å². The molecule has 6 heteroatoms. The highest BCUT2D eigenvalue weighted by Crippen LogP contribution is 2.14. The Labute approximate surface area is 72.4 Å². The molecule has 0 bridgehead atoms. The molecule has 0 radical (unpaired) electrons. The average Bonchev–Trinajstić information content (AvgIpc) is 2.56. The van der Waals surface area contributed by atoms with Crippen molar-refractivity contribution in [1.82, 2.24) is 20.2 Å². The van der Waals surface area contributed by atoms with Gasteiger partial charge in [-0.05, 0) is 0 Å². The van der Waals surface area contributed by atoms with Gasteiger partial charge in [-0.1, -0.05) is 11.6 Å². The maximum atomic E-state index is 5.62. The lowest BCUT2D eigenvalue weighted by atomic mass is 10.4. The van der Waals surface area contributed by atoms with Crippen molar-refractivity contribution in [2.75, 3.05) is 0 Å². The van der Waals surface area contributed by atoms with Crippen molar-refractivity contribution >= 4 is 11.6 Å². The molecular weight excluding hydrogens is 180 g/mol. The molecule has 0 saturated carbocycles. The zero-order valence-electron chi connectivity index (χ0n) is 5.81.